The van der Waals surface area contributed by atoms with E-state index in [1.54, 1.807) is 0 Å². The van der Waals surface area contributed by atoms with Crippen LogP contribution in [0.2, 0.25) is 0 Å². The Bertz CT molecular complexity index is 3280. The number of rotatable bonds is 6. The molecule has 0 atom stereocenters. The highest BCUT2D eigenvalue weighted by Gasteiger charge is 2.20. The Morgan fingerprint density at radius 3 is 1.19 bits per heavy atom. The van der Waals surface area contributed by atoms with Crippen LogP contribution in [0.15, 0.2) is 231 Å². The van der Waals surface area contributed by atoms with Gasteiger partial charge < -0.3 is 0 Å². The third-order valence-electron chi connectivity index (χ3n) is 11.9. The standard InChI is InChI=1S/C58H38/c1-3-12-39(13-4-1)42-22-26-44(27-23-42)48-33-35-54-55(37-48)57(50-31-30-41-16-7-8-18-47(41)36-50)53-34-32-49(45-28-24-43(25-29-45)40-14-5-2-6-15-40)38-56(53)58(54)52-21-11-19-46-17-9-10-20-51(46)52/h1-38H. The molecule has 11 aromatic rings. The van der Waals surface area contributed by atoms with Crippen molar-refractivity contribution in [3.05, 3.63) is 231 Å². The first-order valence-electron chi connectivity index (χ1n) is 20.1. The molecule has 0 heterocycles. The molecule has 0 saturated heterocycles. The van der Waals surface area contributed by atoms with Crippen LogP contribution in [0, 0.1) is 0 Å². The van der Waals surface area contributed by atoms with Gasteiger partial charge in [0, 0.05) is 0 Å². The Balaban J connectivity index is 1.19. The van der Waals surface area contributed by atoms with E-state index in [4.69, 9.17) is 0 Å². The molecule has 0 bridgehead atoms. The SMILES string of the molecule is c1ccc(-c2ccc(-c3ccc4c(-c5cccc6ccccc56)c5cc(-c6ccc(-c7ccccc7)cc6)ccc5c(-c5ccc6ccccc6c5)c4c3)cc2)cc1. The number of fused-ring (bicyclic) bond motifs is 4. The Labute approximate surface area is 339 Å². The van der Waals surface area contributed by atoms with Crippen LogP contribution in [0.25, 0.3) is 110 Å². The minimum atomic E-state index is 1.20. The maximum atomic E-state index is 2.43. The summed E-state index contributed by atoms with van der Waals surface area (Å²) in [6, 6.07) is 84.7. The molecule has 0 aliphatic heterocycles. The van der Waals surface area contributed by atoms with E-state index in [2.05, 4.69) is 231 Å². The molecule has 58 heavy (non-hydrogen) atoms. The zero-order chi connectivity index (χ0) is 38.4. The van der Waals surface area contributed by atoms with Crippen LogP contribution in [0.3, 0.4) is 0 Å². The van der Waals surface area contributed by atoms with E-state index in [0.29, 0.717) is 0 Å². The summed E-state index contributed by atoms with van der Waals surface area (Å²) < 4.78 is 0. The largest absolute Gasteiger partial charge is 0.0622 e. The predicted molar refractivity (Wildman–Crippen MR) is 249 cm³/mol. The quantitative estimate of drug-likeness (QED) is 0.149. The van der Waals surface area contributed by atoms with E-state index < -0.39 is 0 Å². The Morgan fingerprint density at radius 1 is 0.172 bits per heavy atom. The van der Waals surface area contributed by atoms with Crippen molar-refractivity contribution < 1.29 is 0 Å². The average Bonchev–Trinajstić information content (AvgIpc) is 3.31. The van der Waals surface area contributed by atoms with Gasteiger partial charge in [-0.3, -0.25) is 0 Å². The number of benzene rings is 11. The zero-order valence-electron chi connectivity index (χ0n) is 31.9. The van der Waals surface area contributed by atoms with Crippen molar-refractivity contribution in [3.8, 4) is 66.8 Å². The van der Waals surface area contributed by atoms with E-state index in [9.17, 15) is 0 Å². The molecule has 0 spiro atoms. The van der Waals surface area contributed by atoms with Crippen molar-refractivity contribution in [3.63, 3.8) is 0 Å². The molecule has 0 fully saturated rings. The molecule has 0 aliphatic carbocycles. The van der Waals surface area contributed by atoms with E-state index in [-0.39, 0.29) is 0 Å². The van der Waals surface area contributed by atoms with Gasteiger partial charge in [0.15, 0.2) is 0 Å². The van der Waals surface area contributed by atoms with Crippen LogP contribution in [-0.4, -0.2) is 0 Å². The lowest BCUT2D eigenvalue weighted by Gasteiger charge is -2.21. The lowest BCUT2D eigenvalue weighted by atomic mass is 9.82. The summed E-state index contributed by atoms with van der Waals surface area (Å²) in [4.78, 5) is 0. The van der Waals surface area contributed by atoms with Gasteiger partial charge in [0.25, 0.3) is 0 Å². The average molecular weight is 735 g/mol. The first-order valence-corrected chi connectivity index (χ1v) is 20.1. The number of hydrogen-bond donors (Lipinski definition) is 0. The minimum Gasteiger partial charge on any atom is -0.0622 e. The summed E-state index contributed by atoms with van der Waals surface area (Å²) in [6.07, 6.45) is 0. The van der Waals surface area contributed by atoms with Crippen LogP contribution < -0.4 is 0 Å². The van der Waals surface area contributed by atoms with Gasteiger partial charge in [0.2, 0.25) is 0 Å². The van der Waals surface area contributed by atoms with Crippen molar-refractivity contribution in [1.82, 2.24) is 0 Å². The molecule has 0 nitrogen and oxygen atoms in total. The fourth-order valence-electron chi connectivity index (χ4n) is 8.95. The molecule has 0 aromatic heterocycles. The lowest BCUT2D eigenvalue weighted by molar-refractivity contribution is 1.59. The van der Waals surface area contributed by atoms with Gasteiger partial charge in [-0.25, -0.2) is 0 Å². The third-order valence-corrected chi connectivity index (χ3v) is 11.9. The fraction of sp³-hybridized carbons (Fsp3) is 0. The molecule has 11 aromatic carbocycles. The summed E-state index contributed by atoms with van der Waals surface area (Å²) in [5.74, 6) is 0. The van der Waals surface area contributed by atoms with Crippen molar-refractivity contribution in [1.29, 1.82) is 0 Å². The summed E-state index contributed by atoms with van der Waals surface area (Å²) in [7, 11) is 0. The minimum absolute atomic E-state index is 1.20. The second-order valence-electron chi connectivity index (χ2n) is 15.2. The molecule has 0 unspecified atom stereocenters. The topological polar surface area (TPSA) is 0 Å². The first-order chi connectivity index (χ1) is 28.7. The van der Waals surface area contributed by atoms with Crippen LogP contribution in [0.5, 0.6) is 0 Å². The van der Waals surface area contributed by atoms with Crippen molar-refractivity contribution >= 4 is 43.1 Å². The van der Waals surface area contributed by atoms with Gasteiger partial charge in [-0.15, -0.1) is 0 Å². The summed E-state index contributed by atoms with van der Waals surface area (Å²) >= 11 is 0. The van der Waals surface area contributed by atoms with Gasteiger partial charge in [-0.05, 0) is 128 Å². The van der Waals surface area contributed by atoms with Crippen LogP contribution in [-0.2, 0) is 0 Å². The highest BCUT2D eigenvalue weighted by atomic mass is 14.2. The molecule has 270 valence electrons. The molecule has 0 heteroatoms. The molecular weight excluding hydrogens is 697 g/mol. The summed E-state index contributed by atoms with van der Waals surface area (Å²) in [5, 5.41) is 9.95. The predicted octanol–water partition coefficient (Wildman–Crippen LogP) is 16.3. The zero-order valence-corrected chi connectivity index (χ0v) is 31.9. The highest BCUT2D eigenvalue weighted by molar-refractivity contribution is 6.24. The fourth-order valence-corrected chi connectivity index (χ4v) is 8.95. The van der Waals surface area contributed by atoms with Gasteiger partial charge in [0.1, 0.15) is 0 Å². The first kappa shape index (κ1) is 33.8. The molecular formula is C58H38. The van der Waals surface area contributed by atoms with Crippen LogP contribution in [0.1, 0.15) is 0 Å². The lowest BCUT2D eigenvalue weighted by Crippen LogP contribution is -1.93. The molecule has 0 radical (unpaired) electrons. The van der Waals surface area contributed by atoms with Crippen LogP contribution in [0.4, 0.5) is 0 Å². The van der Waals surface area contributed by atoms with Crippen molar-refractivity contribution in [2.24, 2.45) is 0 Å². The highest BCUT2D eigenvalue weighted by Crippen LogP contribution is 2.48. The van der Waals surface area contributed by atoms with E-state index >= 15 is 0 Å². The van der Waals surface area contributed by atoms with Crippen molar-refractivity contribution in [2.75, 3.05) is 0 Å². The molecule has 0 N–H and O–H groups in total. The second kappa shape index (κ2) is 14.2. The summed E-state index contributed by atoms with van der Waals surface area (Å²) in [6.45, 7) is 0. The normalized spacial score (nSPS) is 11.4. The molecule has 0 amide bonds. The summed E-state index contributed by atoms with van der Waals surface area (Å²) in [5.41, 5.74) is 14.7. The van der Waals surface area contributed by atoms with Crippen molar-refractivity contribution in [2.45, 2.75) is 0 Å². The van der Waals surface area contributed by atoms with E-state index in [1.165, 1.54) is 110 Å². The molecule has 11 rings (SSSR count). The molecule has 0 saturated carbocycles. The Kier molecular flexibility index (Phi) is 8.26. The van der Waals surface area contributed by atoms with E-state index in [1.807, 2.05) is 0 Å². The van der Waals surface area contributed by atoms with Gasteiger partial charge >= 0.3 is 0 Å². The maximum Gasteiger partial charge on any atom is -0.00199 e. The Hall–Kier alpha value is -7.54. The second-order valence-corrected chi connectivity index (χ2v) is 15.2. The van der Waals surface area contributed by atoms with E-state index in [0.717, 1.165) is 0 Å². The Morgan fingerprint density at radius 2 is 0.586 bits per heavy atom. The van der Waals surface area contributed by atoms with Crippen LogP contribution >= 0.6 is 0 Å². The van der Waals surface area contributed by atoms with Gasteiger partial charge in [-0.1, -0.05) is 212 Å². The third kappa shape index (κ3) is 5.95. The smallest absolute Gasteiger partial charge is 0.00199 e. The van der Waals surface area contributed by atoms with Gasteiger partial charge in [0.05, 0.1) is 0 Å². The molecule has 0 aliphatic rings. The number of hydrogen-bond acceptors (Lipinski definition) is 0. The monoisotopic (exact) mass is 734 g/mol. The maximum absolute atomic E-state index is 2.43. The van der Waals surface area contributed by atoms with Gasteiger partial charge in [-0.2, -0.15) is 0 Å².